The van der Waals surface area contributed by atoms with Crippen LogP contribution in [0.5, 0.6) is 0 Å². The number of carbonyl (C=O) groups excluding carboxylic acids is 3. The molecule has 0 fully saturated rings. The number of pyridine rings is 1. The molecule has 0 saturated heterocycles. The summed E-state index contributed by atoms with van der Waals surface area (Å²) < 4.78 is 4.70. The van der Waals surface area contributed by atoms with Crippen LogP contribution in [0.15, 0.2) is 42.7 Å². The lowest BCUT2D eigenvalue weighted by molar-refractivity contribution is 0.0601. The zero-order valence-corrected chi connectivity index (χ0v) is 14.2. The average molecular weight is 341 g/mol. The summed E-state index contributed by atoms with van der Waals surface area (Å²) in [6.45, 7) is 3.68. The molecule has 0 aliphatic rings. The van der Waals surface area contributed by atoms with Crippen molar-refractivity contribution < 1.29 is 19.1 Å². The Morgan fingerprint density at radius 3 is 2.32 bits per heavy atom. The molecule has 1 heterocycles. The normalized spacial score (nSPS) is 10.2. The van der Waals surface area contributed by atoms with Crippen molar-refractivity contribution in [3.8, 4) is 0 Å². The largest absolute Gasteiger partial charge is 0.465 e. The molecule has 0 aliphatic heterocycles. The number of hydrogen-bond acceptors (Lipinski definition) is 5. The fourth-order valence-corrected chi connectivity index (χ4v) is 2.11. The van der Waals surface area contributed by atoms with Crippen LogP contribution in [0.4, 0.5) is 5.69 Å². The number of anilines is 1. The summed E-state index contributed by atoms with van der Waals surface area (Å²) in [5.41, 5.74) is 1.04. The molecular weight excluding hydrogens is 322 g/mol. The number of benzene rings is 1. The minimum atomic E-state index is -0.556. The lowest BCUT2D eigenvalue weighted by Gasteiger charge is -2.11. The zero-order valence-electron chi connectivity index (χ0n) is 14.2. The van der Waals surface area contributed by atoms with Crippen molar-refractivity contribution in [1.82, 2.24) is 10.3 Å². The average Bonchev–Trinajstić information content (AvgIpc) is 2.61. The quantitative estimate of drug-likeness (QED) is 0.813. The van der Waals surface area contributed by atoms with E-state index in [1.807, 2.05) is 13.8 Å². The lowest BCUT2D eigenvalue weighted by Crippen LogP contribution is -2.30. The second-order valence-electron chi connectivity index (χ2n) is 5.58. The van der Waals surface area contributed by atoms with Gasteiger partial charge in [-0.15, -0.1) is 0 Å². The van der Waals surface area contributed by atoms with Gasteiger partial charge in [0.1, 0.15) is 0 Å². The number of para-hydroxylation sites is 1. The van der Waals surface area contributed by atoms with Crippen molar-refractivity contribution in [3.63, 3.8) is 0 Å². The molecule has 2 N–H and O–H groups in total. The third-order valence-corrected chi connectivity index (χ3v) is 3.26. The molecule has 2 rings (SSSR count). The summed E-state index contributed by atoms with van der Waals surface area (Å²) in [7, 11) is 1.27. The standard InChI is InChI=1S/C18H19N3O4/c1-11(2)20-16(22)12-8-13(10-19-9-12)17(23)21-15-7-5-4-6-14(15)18(24)25-3/h4-11H,1-3H3,(H,20,22)(H,21,23). The molecule has 0 radical (unpaired) electrons. The monoisotopic (exact) mass is 341 g/mol. The summed E-state index contributed by atoms with van der Waals surface area (Å²) >= 11 is 0. The van der Waals surface area contributed by atoms with Crippen molar-refractivity contribution in [2.24, 2.45) is 0 Å². The zero-order chi connectivity index (χ0) is 18.4. The molecule has 0 aliphatic carbocycles. The Kier molecular flexibility index (Phi) is 5.84. The maximum Gasteiger partial charge on any atom is 0.339 e. The van der Waals surface area contributed by atoms with Crippen LogP contribution in [-0.2, 0) is 4.74 Å². The van der Waals surface area contributed by atoms with E-state index >= 15 is 0 Å². The predicted octanol–water partition coefficient (Wildman–Crippen LogP) is 2.26. The number of nitrogens with one attached hydrogen (secondary N) is 2. The van der Waals surface area contributed by atoms with Gasteiger partial charge in [-0.25, -0.2) is 4.79 Å². The van der Waals surface area contributed by atoms with Gasteiger partial charge in [-0.2, -0.15) is 0 Å². The highest BCUT2D eigenvalue weighted by atomic mass is 16.5. The number of methoxy groups -OCH3 is 1. The van der Waals surface area contributed by atoms with E-state index in [-0.39, 0.29) is 28.6 Å². The predicted molar refractivity (Wildman–Crippen MR) is 92.6 cm³/mol. The molecule has 0 saturated carbocycles. The second kappa shape index (κ2) is 8.05. The van der Waals surface area contributed by atoms with Gasteiger partial charge in [0.05, 0.1) is 29.5 Å². The molecule has 1 aromatic heterocycles. The van der Waals surface area contributed by atoms with Crippen molar-refractivity contribution in [1.29, 1.82) is 0 Å². The molecule has 7 heteroatoms. The van der Waals surface area contributed by atoms with Gasteiger partial charge in [0.2, 0.25) is 0 Å². The molecule has 1 aromatic carbocycles. The topological polar surface area (TPSA) is 97.4 Å². The molecule has 0 unspecified atom stereocenters. The van der Waals surface area contributed by atoms with E-state index in [9.17, 15) is 14.4 Å². The van der Waals surface area contributed by atoms with Gasteiger partial charge in [0, 0.05) is 18.4 Å². The number of amides is 2. The Morgan fingerprint density at radius 1 is 1.04 bits per heavy atom. The van der Waals surface area contributed by atoms with Crippen LogP contribution in [0.25, 0.3) is 0 Å². The molecule has 2 amide bonds. The van der Waals surface area contributed by atoms with Crippen molar-refractivity contribution >= 4 is 23.5 Å². The SMILES string of the molecule is COC(=O)c1ccccc1NC(=O)c1cncc(C(=O)NC(C)C)c1. The van der Waals surface area contributed by atoms with Crippen LogP contribution in [0.1, 0.15) is 44.9 Å². The maximum absolute atomic E-state index is 12.4. The second-order valence-corrected chi connectivity index (χ2v) is 5.58. The number of carbonyl (C=O) groups is 3. The number of nitrogens with zero attached hydrogens (tertiary/aromatic N) is 1. The van der Waals surface area contributed by atoms with Gasteiger partial charge >= 0.3 is 5.97 Å². The van der Waals surface area contributed by atoms with E-state index in [0.29, 0.717) is 5.69 Å². The summed E-state index contributed by atoms with van der Waals surface area (Å²) in [6.07, 6.45) is 2.74. The Morgan fingerprint density at radius 2 is 1.68 bits per heavy atom. The maximum atomic E-state index is 12.4. The van der Waals surface area contributed by atoms with E-state index in [0.717, 1.165) is 0 Å². The Balaban J connectivity index is 2.22. The number of ether oxygens (including phenoxy) is 1. The van der Waals surface area contributed by atoms with Crippen LogP contribution in [0.3, 0.4) is 0 Å². The van der Waals surface area contributed by atoms with Gasteiger partial charge < -0.3 is 15.4 Å². The first-order chi connectivity index (χ1) is 11.9. The minimum absolute atomic E-state index is 0.0306. The number of hydrogen-bond donors (Lipinski definition) is 2. The van der Waals surface area contributed by atoms with Crippen LogP contribution in [0, 0.1) is 0 Å². The first-order valence-electron chi connectivity index (χ1n) is 7.67. The molecule has 2 aromatic rings. The van der Waals surface area contributed by atoms with Crippen LogP contribution in [0.2, 0.25) is 0 Å². The van der Waals surface area contributed by atoms with E-state index < -0.39 is 11.9 Å². The molecule has 7 nitrogen and oxygen atoms in total. The molecule has 130 valence electrons. The van der Waals surface area contributed by atoms with Gasteiger partial charge in [-0.3, -0.25) is 14.6 Å². The fraction of sp³-hybridized carbons (Fsp3) is 0.222. The van der Waals surface area contributed by atoms with Crippen LogP contribution < -0.4 is 10.6 Å². The van der Waals surface area contributed by atoms with Gasteiger partial charge in [0.15, 0.2) is 0 Å². The molecule has 0 bridgehead atoms. The Hall–Kier alpha value is -3.22. The van der Waals surface area contributed by atoms with E-state index in [2.05, 4.69) is 15.6 Å². The van der Waals surface area contributed by atoms with Gasteiger partial charge in [-0.1, -0.05) is 12.1 Å². The van der Waals surface area contributed by atoms with Gasteiger partial charge in [0.25, 0.3) is 11.8 Å². The summed E-state index contributed by atoms with van der Waals surface area (Å²) in [5.74, 6) is -1.35. The third-order valence-electron chi connectivity index (χ3n) is 3.26. The van der Waals surface area contributed by atoms with Crippen molar-refractivity contribution in [2.45, 2.75) is 19.9 Å². The van der Waals surface area contributed by atoms with Crippen LogP contribution >= 0.6 is 0 Å². The van der Waals surface area contributed by atoms with E-state index in [1.54, 1.807) is 24.3 Å². The number of rotatable bonds is 5. The van der Waals surface area contributed by atoms with Crippen molar-refractivity contribution in [3.05, 3.63) is 59.4 Å². The molecule has 0 atom stereocenters. The smallest absolute Gasteiger partial charge is 0.339 e. The minimum Gasteiger partial charge on any atom is -0.465 e. The van der Waals surface area contributed by atoms with Crippen LogP contribution in [-0.4, -0.2) is 35.9 Å². The van der Waals surface area contributed by atoms with E-state index in [1.165, 1.54) is 25.6 Å². The summed E-state index contributed by atoms with van der Waals surface area (Å²) in [4.78, 5) is 40.2. The Bertz CT molecular complexity index is 802. The van der Waals surface area contributed by atoms with Gasteiger partial charge in [-0.05, 0) is 32.0 Å². The van der Waals surface area contributed by atoms with Crippen molar-refractivity contribution in [2.75, 3.05) is 12.4 Å². The summed E-state index contributed by atoms with van der Waals surface area (Å²) in [6, 6.07) is 7.91. The Labute approximate surface area is 145 Å². The van der Waals surface area contributed by atoms with E-state index in [4.69, 9.17) is 4.74 Å². The highest BCUT2D eigenvalue weighted by Gasteiger charge is 2.16. The first-order valence-corrected chi connectivity index (χ1v) is 7.67. The summed E-state index contributed by atoms with van der Waals surface area (Å²) in [5, 5.41) is 5.37. The number of aromatic nitrogens is 1. The molecular formula is C18H19N3O4. The highest BCUT2D eigenvalue weighted by molar-refractivity contribution is 6.08. The number of esters is 1. The first kappa shape index (κ1) is 18.1. The third kappa shape index (κ3) is 4.63. The highest BCUT2D eigenvalue weighted by Crippen LogP contribution is 2.17. The lowest BCUT2D eigenvalue weighted by atomic mass is 10.1. The molecule has 25 heavy (non-hydrogen) atoms. The molecule has 0 spiro atoms. The fourth-order valence-electron chi connectivity index (χ4n) is 2.11.